The zero-order valence-electron chi connectivity index (χ0n) is 16.1. The van der Waals surface area contributed by atoms with Crippen molar-refractivity contribution in [3.8, 4) is 0 Å². The number of aliphatic hydroxyl groups excluding tert-OH is 1. The molecular formula is C18H22FN3O5S2. The number of thiophene rings is 1. The first-order valence-electron chi connectivity index (χ1n) is 8.62. The summed E-state index contributed by atoms with van der Waals surface area (Å²) in [5.41, 5.74) is 0.555. The number of likely N-dealkylation sites (N-methyl/N-ethyl adjacent to an activating group) is 1. The molecule has 1 amide bonds. The molecule has 11 heteroatoms. The van der Waals surface area contributed by atoms with Gasteiger partial charge in [-0.25, -0.2) is 12.8 Å². The van der Waals surface area contributed by atoms with Gasteiger partial charge in [-0.05, 0) is 30.7 Å². The van der Waals surface area contributed by atoms with Gasteiger partial charge in [-0.2, -0.15) is 4.31 Å². The molecule has 0 spiro atoms. The third-order valence-electron chi connectivity index (χ3n) is 4.15. The zero-order chi connectivity index (χ0) is 21.8. The Bertz CT molecular complexity index is 1000. The largest absolute Gasteiger partial charge is 0.411 e. The number of nitrogens with zero attached hydrogens (tertiary/aromatic N) is 2. The van der Waals surface area contributed by atoms with Crippen molar-refractivity contribution in [2.75, 3.05) is 18.9 Å². The molecule has 1 atom stereocenters. The number of carbonyl (C=O) groups excluding carboxylic acids is 1. The molecule has 3 N–H and O–H groups in total. The maximum absolute atomic E-state index is 13.1. The lowest BCUT2D eigenvalue weighted by molar-refractivity contribution is -0.115. The Balaban J connectivity index is 2.35. The van der Waals surface area contributed by atoms with Crippen LogP contribution in [0.3, 0.4) is 0 Å². The van der Waals surface area contributed by atoms with E-state index in [1.165, 1.54) is 44.3 Å². The molecule has 1 heterocycles. The first kappa shape index (κ1) is 22.9. The van der Waals surface area contributed by atoms with Gasteiger partial charge in [0.2, 0.25) is 15.9 Å². The van der Waals surface area contributed by atoms with E-state index in [4.69, 9.17) is 5.21 Å². The lowest BCUT2D eigenvalue weighted by atomic mass is 10.1. The highest BCUT2D eigenvalue weighted by Crippen LogP contribution is 2.34. The summed E-state index contributed by atoms with van der Waals surface area (Å²) < 4.78 is 40.1. The SMILES string of the molecule is CCC(=O)Nc1sc(/C(C)=N\O)cc1S(=O)(=O)N(C)CC(O)c1ccc(F)cc1. The lowest BCUT2D eigenvalue weighted by Crippen LogP contribution is -2.31. The van der Waals surface area contributed by atoms with E-state index in [1.807, 2.05) is 0 Å². The molecule has 1 aromatic carbocycles. The molecule has 2 aromatic rings. The number of hydrogen-bond donors (Lipinski definition) is 3. The Morgan fingerprint density at radius 3 is 2.52 bits per heavy atom. The molecule has 0 saturated carbocycles. The Morgan fingerprint density at radius 2 is 1.97 bits per heavy atom. The summed E-state index contributed by atoms with van der Waals surface area (Å²) in [6, 6.07) is 6.40. The highest BCUT2D eigenvalue weighted by atomic mass is 32.2. The van der Waals surface area contributed by atoms with Crippen LogP contribution in [0.15, 0.2) is 40.4 Å². The number of sulfonamides is 1. The van der Waals surface area contributed by atoms with Gasteiger partial charge in [0, 0.05) is 20.0 Å². The van der Waals surface area contributed by atoms with Gasteiger partial charge in [-0.3, -0.25) is 4.79 Å². The molecular weight excluding hydrogens is 421 g/mol. The fourth-order valence-corrected chi connectivity index (χ4v) is 5.05. The van der Waals surface area contributed by atoms with Crippen LogP contribution in [0.5, 0.6) is 0 Å². The van der Waals surface area contributed by atoms with Crippen LogP contribution >= 0.6 is 11.3 Å². The minimum Gasteiger partial charge on any atom is -0.411 e. The van der Waals surface area contributed by atoms with Crippen molar-refractivity contribution in [3.05, 3.63) is 46.6 Å². The van der Waals surface area contributed by atoms with Crippen LogP contribution in [-0.2, 0) is 14.8 Å². The van der Waals surface area contributed by atoms with E-state index in [0.717, 1.165) is 15.6 Å². The van der Waals surface area contributed by atoms with Crippen LogP contribution in [0.4, 0.5) is 9.39 Å². The van der Waals surface area contributed by atoms with Crippen molar-refractivity contribution < 1.29 is 27.9 Å². The van der Waals surface area contributed by atoms with E-state index >= 15 is 0 Å². The summed E-state index contributed by atoms with van der Waals surface area (Å²) >= 11 is 0.964. The maximum Gasteiger partial charge on any atom is 0.245 e. The van der Waals surface area contributed by atoms with Crippen molar-refractivity contribution in [1.29, 1.82) is 0 Å². The summed E-state index contributed by atoms with van der Waals surface area (Å²) in [6.45, 7) is 2.84. The molecule has 0 aliphatic heterocycles. The van der Waals surface area contributed by atoms with E-state index < -0.39 is 21.9 Å². The highest BCUT2D eigenvalue weighted by Gasteiger charge is 2.29. The van der Waals surface area contributed by atoms with Crippen LogP contribution in [0.2, 0.25) is 0 Å². The normalized spacial score (nSPS) is 13.5. The second-order valence-corrected chi connectivity index (χ2v) is 9.31. The topological polar surface area (TPSA) is 119 Å². The number of rotatable bonds is 8. The van der Waals surface area contributed by atoms with Crippen molar-refractivity contribution in [2.24, 2.45) is 5.16 Å². The van der Waals surface area contributed by atoms with Gasteiger partial charge < -0.3 is 15.6 Å². The smallest absolute Gasteiger partial charge is 0.245 e. The van der Waals surface area contributed by atoms with Crippen molar-refractivity contribution in [2.45, 2.75) is 31.3 Å². The fourth-order valence-electron chi connectivity index (χ4n) is 2.40. The van der Waals surface area contributed by atoms with Gasteiger partial charge in [0.1, 0.15) is 15.7 Å². The van der Waals surface area contributed by atoms with E-state index in [1.54, 1.807) is 6.92 Å². The molecule has 0 bridgehead atoms. The summed E-state index contributed by atoms with van der Waals surface area (Å²) in [5.74, 6) is -0.840. The van der Waals surface area contributed by atoms with Crippen molar-refractivity contribution in [3.63, 3.8) is 0 Å². The molecule has 1 aromatic heterocycles. The minimum atomic E-state index is -4.10. The third kappa shape index (κ3) is 5.38. The third-order valence-corrected chi connectivity index (χ3v) is 7.29. The fraction of sp³-hybridized carbons (Fsp3) is 0.333. The van der Waals surface area contributed by atoms with E-state index in [0.29, 0.717) is 10.4 Å². The number of carbonyl (C=O) groups is 1. The molecule has 8 nitrogen and oxygen atoms in total. The molecule has 0 fully saturated rings. The standard InChI is InChI=1S/C18H22FN3O5S2/c1-4-17(24)20-18-16(9-15(28-18)11(2)21-25)29(26,27)22(3)10-14(23)12-5-7-13(19)8-6-12/h5-9,14,23,25H,4,10H2,1-3H3,(H,20,24)/b21-11-. The van der Waals surface area contributed by atoms with Crippen LogP contribution in [0.25, 0.3) is 0 Å². The number of aliphatic hydroxyl groups is 1. The number of amides is 1. The predicted octanol–water partition coefficient (Wildman–Crippen LogP) is 2.79. The number of anilines is 1. The van der Waals surface area contributed by atoms with Gasteiger partial charge in [0.15, 0.2) is 0 Å². The van der Waals surface area contributed by atoms with Crippen LogP contribution in [0.1, 0.15) is 36.8 Å². The van der Waals surface area contributed by atoms with Crippen molar-refractivity contribution >= 4 is 38.0 Å². The molecule has 0 aliphatic rings. The molecule has 158 valence electrons. The summed E-state index contributed by atoms with van der Waals surface area (Å²) in [7, 11) is -2.81. The molecule has 0 radical (unpaired) electrons. The van der Waals surface area contributed by atoms with E-state index in [9.17, 15) is 22.7 Å². The molecule has 0 aliphatic carbocycles. The van der Waals surface area contributed by atoms with E-state index in [-0.39, 0.29) is 34.5 Å². The Hall–Kier alpha value is -2.34. The first-order chi connectivity index (χ1) is 13.6. The number of oxime groups is 1. The molecule has 29 heavy (non-hydrogen) atoms. The summed E-state index contributed by atoms with van der Waals surface area (Å²) in [4.78, 5) is 12.0. The number of hydrogen-bond acceptors (Lipinski definition) is 7. The van der Waals surface area contributed by atoms with Gasteiger partial charge >= 0.3 is 0 Å². The van der Waals surface area contributed by atoms with Crippen LogP contribution in [0, 0.1) is 5.82 Å². The Labute approximate surface area is 172 Å². The second-order valence-electron chi connectivity index (χ2n) is 6.24. The van der Waals surface area contributed by atoms with Crippen LogP contribution < -0.4 is 5.32 Å². The minimum absolute atomic E-state index is 0.0953. The zero-order valence-corrected chi connectivity index (χ0v) is 17.7. The molecule has 1 unspecified atom stereocenters. The average molecular weight is 444 g/mol. The molecule has 0 saturated heterocycles. The predicted molar refractivity (Wildman–Crippen MR) is 108 cm³/mol. The van der Waals surface area contributed by atoms with Crippen LogP contribution in [-0.4, -0.2) is 48.2 Å². The Kier molecular flexibility index (Phi) is 7.47. The quantitative estimate of drug-likeness (QED) is 0.329. The van der Waals surface area contributed by atoms with Gasteiger partial charge in [0.25, 0.3) is 0 Å². The average Bonchev–Trinajstić information content (AvgIpc) is 3.12. The Morgan fingerprint density at radius 1 is 1.34 bits per heavy atom. The number of halogens is 1. The second kappa shape index (κ2) is 9.44. The summed E-state index contributed by atoms with van der Waals surface area (Å²) in [6.07, 6.45) is -1.03. The van der Waals surface area contributed by atoms with Gasteiger partial charge in [0.05, 0.1) is 16.7 Å². The maximum atomic E-state index is 13.1. The number of nitrogens with one attached hydrogen (secondary N) is 1. The van der Waals surface area contributed by atoms with Crippen molar-refractivity contribution in [1.82, 2.24) is 4.31 Å². The monoisotopic (exact) mass is 443 g/mol. The van der Waals surface area contributed by atoms with E-state index in [2.05, 4.69) is 10.5 Å². The lowest BCUT2D eigenvalue weighted by Gasteiger charge is -2.21. The molecule has 2 rings (SSSR count). The van der Waals surface area contributed by atoms with Gasteiger partial charge in [-0.15, -0.1) is 11.3 Å². The number of benzene rings is 1. The first-order valence-corrected chi connectivity index (χ1v) is 10.9. The highest BCUT2D eigenvalue weighted by molar-refractivity contribution is 7.89. The summed E-state index contributed by atoms with van der Waals surface area (Å²) in [5, 5.41) is 25.0. The van der Waals surface area contributed by atoms with Gasteiger partial charge in [-0.1, -0.05) is 24.2 Å².